The Morgan fingerprint density at radius 1 is 1.23 bits per heavy atom. The molecule has 0 spiro atoms. The lowest BCUT2D eigenvalue weighted by Gasteiger charge is -2.23. The van der Waals surface area contributed by atoms with E-state index in [-0.39, 0.29) is 36.7 Å². The molecule has 7 heteroatoms. The van der Waals surface area contributed by atoms with Gasteiger partial charge in [-0.3, -0.25) is 14.4 Å². The molecule has 1 N–H and O–H groups in total. The number of ketones is 1. The van der Waals surface area contributed by atoms with Crippen molar-refractivity contribution < 1.29 is 29.0 Å². The highest BCUT2D eigenvalue weighted by Gasteiger charge is 2.36. The maximum atomic E-state index is 12.4. The van der Waals surface area contributed by atoms with Crippen molar-refractivity contribution in [2.24, 2.45) is 0 Å². The molecule has 2 rings (SSSR count). The van der Waals surface area contributed by atoms with Crippen LogP contribution in [0.2, 0.25) is 0 Å². The molecule has 1 aromatic rings. The summed E-state index contributed by atoms with van der Waals surface area (Å²) in [7, 11) is 1.57. The molecule has 1 saturated heterocycles. The topological polar surface area (TPSA) is 93.1 Å². The highest BCUT2D eigenvalue weighted by molar-refractivity contribution is 5.94. The number of likely N-dealkylation sites (tertiary alicyclic amines) is 1. The van der Waals surface area contributed by atoms with Gasteiger partial charge in [-0.1, -0.05) is 0 Å². The van der Waals surface area contributed by atoms with E-state index in [4.69, 9.17) is 14.6 Å². The lowest BCUT2D eigenvalue weighted by Crippen LogP contribution is -2.37. The van der Waals surface area contributed by atoms with Crippen LogP contribution in [0.4, 0.5) is 0 Å². The molecule has 1 amide bonds. The molecule has 0 aromatic heterocycles. The van der Waals surface area contributed by atoms with Crippen molar-refractivity contribution in [3.05, 3.63) is 29.8 Å². The highest BCUT2D eigenvalue weighted by Crippen LogP contribution is 2.24. The molecule has 0 saturated carbocycles. The van der Waals surface area contributed by atoms with Gasteiger partial charge in [-0.05, 0) is 44.0 Å². The lowest BCUT2D eigenvalue weighted by molar-refractivity contribution is -0.140. The summed E-state index contributed by atoms with van der Waals surface area (Å²) in [5, 5.41) is 9.01. The van der Waals surface area contributed by atoms with Crippen LogP contribution in [0.25, 0.3) is 0 Å². The number of carboxylic acids is 1. The van der Waals surface area contributed by atoms with Crippen molar-refractivity contribution >= 4 is 17.7 Å². The Balaban J connectivity index is 1.78. The number of hydrogen-bond donors (Lipinski definition) is 1. The van der Waals surface area contributed by atoms with Crippen molar-refractivity contribution in [1.82, 2.24) is 4.90 Å². The van der Waals surface area contributed by atoms with Gasteiger partial charge in [0, 0.05) is 31.7 Å². The van der Waals surface area contributed by atoms with Crippen LogP contribution in [0.1, 0.15) is 43.0 Å². The standard InChI is InChI=1S/C19H25NO6/c1-13(21)14-5-7-16(8-6-14)26-9-3-4-18(22)20-12-17(25-2)10-15(20)11-19(23)24/h5-8,15,17H,3-4,9-12H2,1-2H3,(H,23,24). The first-order valence-corrected chi connectivity index (χ1v) is 8.68. The zero-order valence-corrected chi connectivity index (χ0v) is 15.1. The number of methoxy groups -OCH3 is 1. The molecular weight excluding hydrogens is 338 g/mol. The van der Waals surface area contributed by atoms with Crippen molar-refractivity contribution in [3.8, 4) is 5.75 Å². The van der Waals surface area contributed by atoms with Crippen LogP contribution in [0, 0.1) is 0 Å². The summed E-state index contributed by atoms with van der Waals surface area (Å²) < 4.78 is 10.9. The number of nitrogens with zero attached hydrogens (tertiary/aromatic N) is 1. The number of Topliss-reactive ketones (excluding diaryl/α,β-unsaturated/α-hetero) is 1. The quantitative estimate of drug-likeness (QED) is 0.534. The summed E-state index contributed by atoms with van der Waals surface area (Å²) >= 11 is 0. The van der Waals surface area contributed by atoms with Crippen LogP contribution < -0.4 is 4.74 Å². The maximum Gasteiger partial charge on any atom is 0.305 e. The SMILES string of the molecule is COC1CC(CC(=O)O)N(C(=O)CCCOc2ccc(C(C)=O)cc2)C1. The number of hydrogen-bond acceptors (Lipinski definition) is 5. The number of carbonyl (C=O) groups is 3. The van der Waals surface area contributed by atoms with E-state index < -0.39 is 5.97 Å². The Hall–Kier alpha value is -2.41. The zero-order valence-electron chi connectivity index (χ0n) is 15.1. The van der Waals surface area contributed by atoms with Gasteiger partial charge < -0.3 is 19.5 Å². The van der Waals surface area contributed by atoms with Gasteiger partial charge >= 0.3 is 5.97 Å². The van der Waals surface area contributed by atoms with Gasteiger partial charge in [-0.25, -0.2) is 0 Å². The van der Waals surface area contributed by atoms with E-state index in [1.165, 1.54) is 6.92 Å². The molecule has 0 aliphatic carbocycles. The van der Waals surface area contributed by atoms with Gasteiger partial charge in [0.05, 0.1) is 19.1 Å². The third-order valence-corrected chi connectivity index (χ3v) is 4.50. The van der Waals surface area contributed by atoms with Crippen LogP contribution >= 0.6 is 0 Å². The molecule has 26 heavy (non-hydrogen) atoms. The number of benzene rings is 1. The molecule has 7 nitrogen and oxygen atoms in total. The third kappa shape index (κ3) is 5.56. The van der Waals surface area contributed by atoms with Crippen LogP contribution in [-0.4, -0.2) is 60.1 Å². The van der Waals surface area contributed by atoms with E-state index in [9.17, 15) is 14.4 Å². The second-order valence-electron chi connectivity index (χ2n) is 6.42. The molecule has 2 unspecified atom stereocenters. The van der Waals surface area contributed by atoms with Gasteiger partial charge in [0.2, 0.25) is 5.91 Å². The molecule has 1 heterocycles. The Morgan fingerprint density at radius 3 is 2.50 bits per heavy atom. The molecule has 0 radical (unpaired) electrons. The second kappa shape index (κ2) is 9.33. The van der Waals surface area contributed by atoms with Gasteiger partial charge in [-0.2, -0.15) is 0 Å². The Kier molecular flexibility index (Phi) is 7.15. The van der Waals surface area contributed by atoms with Crippen molar-refractivity contribution in [2.75, 3.05) is 20.3 Å². The van der Waals surface area contributed by atoms with Gasteiger partial charge in [0.15, 0.2) is 5.78 Å². The molecule has 1 aliphatic rings. The zero-order chi connectivity index (χ0) is 19.1. The fraction of sp³-hybridized carbons (Fsp3) is 0.526. The summed E-state index contributed by atoms with van der Waals surface area (Å²) in [5.74, 6) is -0.349. The Bertz CT molecular complexity index is 642. The monoisotopic (exact) mass is 363 g/mol. The molecule has 0 bridgehead atoms. The molecular formula is C19H25NO6. The third-order valence-electron chi connectivity index (χ3n) is 4.50. The predicted molar refractivity (Wildman–Crippen MR) is 94.3 cm³/mol. The highest BCUT2D eigenvalue weighted by atomic mass is 16.5. The van der Waals surface area contributed by atoms with Crippen LogP contribution in [0.3, 0.4) is 0 Å². The first kappa shape index (κ1) is 19.9. The summed E-state index contributed by atoms with van der Waals surface area (Å²) in [6.07, 6.45) is 1.19. The first-order valence-electron chi connectivity index (χ1n) is 8.68. The molecule has 1 aromatic carbocycles. The number of rotatable bonds is 9. The van der Waals surface area contributed by atoms with Crippen LogP contribution in [0.5, 0.6) is 5.75 Å². The fourth-order valence-electron chi connectivity index (χ4n) is 3.09. The largest absolute Gasteiger partial charge is 0.494 e. The molecule has 2 atom stereocenters. The minimum atomic E-state index is -0.915. The van der Waals surface area contributed by atoms with E-state index >= 15 is 0 Å². The van der Waals surface area contributed by atoms with E-state index in [0.717, 1.165) is 0 Å². The fourth-order valence-corrected chi connectivity index (χ4v) is 3.09. The normalized spacial score (nSPS) is 19.4. The molecule has 142 valence electrons. The van der Waals surface area contributed by atoms with E-state index in [1.54, 1.807) is 36.3 Å². The van der Waals surface area contributed by atoms with E-state index in [0.29, 0.717) is 37.3 Å². The number of amides is 1. The number of carbonyl (C=O) groups excluding carboxylic acids is 2. The average molecular weight is 363 g/mol. The molecule has 1 fully saturated rings. The Morgan fingerprint density at radius 2 is 1.92 bits per heavy atom. The Labute approximate surface area is 152 Å². The number of ether oxygens (including phenoxy) is 2. The van der Waals surface area contributed by atoms with E-state index in [2.05, 4.69) is 0 Å². The van der Waals surface area contributed by atoms with Gasteiger partial charge in [0.1, 0.15) is 5.75 Å². The van der Waals surface area contributed by atoms with Crippen molar-refractivity contribution in [3.63, 3.8) is 0 Å². The summed E-state index contributed by atoms with van der Waals surface area (Å²) in [5.41, 5.74) is 0.624. The second-order valence-corrected chi connectivity index (χ2v) is 6.42. The number of carboxylic acid groups (broad SMARTS) is 1. The van der Waals surface area contributed by atoms with Crippen molar-refractivity contribution in [2.45, 2.75) is 44.8 Å². The summed E-state index contributed by atoms with van der Waals surface area (Å²) in [4.78, 5) is 36.2. The maximum absolute atomic E-state index is 12.4. The van der Waals surface area contributed by atoms with E-state index in [1.807, 2.05) is 0 Å². The van der Waals surface area contributed by atoms with Gasteiger partial charge in [-0.15, -0.1) is 0 Å². The van der Waals surface area contributed by atoms with Crippen molar-refractivity contribution in [1.29, 1.82) is 0 Å². The minimum absolute atomic E-state index is 0.00182. The average Bonchev–Trinajstić information content (AvgIpc) is 3.01. The predicted octanol–water partition coefficient (Wildman–Crippen LogP) is 2.14. The smallest absolute Gasteiger partial charge is 0.305 e. The molecule has 1 aliphatic heterocycles. The minimum Gasteiger partial charge on any atom is -0.494 e. The van der Waals surface area contributed by atoms with Crippen LogP contribution in [0.15, 0.2) is 24.3 Å². The summed E-state index contributed by atoms with van der Waals surface area (Å²) in [6, 6.07) is 6.55. The number of aliphatic carboxylic acids is 1. The summed E-state index contributed by atoms with van der Waals surface area (Å²) in [6.45, 7) is 2.31. The van der Waals surface area contributed by atoms with Gasteiger partial charge in [0.25, 0.3) is 0 Å². The van der Waals surface area contributed by atoms with Crippen LogP contribution in [-0.2, 0) is 14.3 Å². The lowest BCUT2D eigenvalue weighted by atomic mass is 10.1. The first-order chi connectivity index (χ1) is 12.4.